The van der Waals surface area contributed by atoms with E-state index < -0.39 is 0 Å². The zero-order valence-corrected chi connectivity index (χ0v) is 19.6. The highest BCUT2D eigenvalue weighted by atomic mass is 19.1. The van der Waals surface area contributed by atoms with Gasteiger partial charge in [0.2, 0.25) is 5.91 Å². The molecule has 2 aromatic carbocycles. The zero-order chi connectivity index (χ0) is 24.2. The Morgan fingerprint density at radius 2 is 1.73 bits per heavy atom. The lowest BCUT2D eigenvalue weighted by Crippen LogP contribution is -2.38. The normalized spacial score (nSPS) is 11.2. The minimum absolute atomic E-state index is 0.124. The summed E-state index contributed by atoms with van der Waals surface area (Å²) >= 11 is 0. The second-order valence-corrected chi connectivity index (χ2v) is 8.65. The lowest BCUT2D eigenvalue weighted by atomic mass is 9.92. The van der Waals surface area contributed by atoms with E-state index in [4.69, 9.17) is 4.74 Å². The fourth-order valence-electron chi connectivity index (χ4n) is 3.21. The van der Waals surface area contributed by atoms with Crippen molar-refractivity contribution in [1.29, 1.82) is 0 Å². The molecule has 33 heavy (non-hydrogen) atoms. The Balaban J connectivity index is 1.81. The smallest absolute Gasteiger partial charge is 0.254 e. The summed E-state index contributed by atoms with van der Waals surface area (Å²) in [6, 6.07) is 14.4. The molecule has 7 nitrogen and oxygen atoms in total. The third-order valence-electron chi connectivity index (χ3n) is 5.16. The molecular weight excluding hydrogens is 423 g/mol. The van der Waals surface area contributed by atoms with Gasteiger partial charge in [0.05, 0.1) is 18.5 Å². The Labute approximate surface area is 193 Å². The number of rotatable bonds is 7. The number of nitrogens with zero attached hydrogens (tertiary/aromatic N) is 3. The van der Waals surface area contributed by atoms with Gasteiger partial charge in [-0.1, -0.05) is 20.8 Å². The molecule has 1 heterocycles. The van der Waals surface area contributed by atoms with Crippen LogP contribution < -0.4 is 10.1 Å². The number of likely N-dealkylation sites (N-methyl/N-ethyl adjacent to an activating group) is 1. The molecule has 0 aliphatic carbocycles. The van der Waals surface area contributed by atoms with Crippen LogP contribution in [0.5, 0.6) is 5.75 Å². The van der Waals surface area contributed by atoms with Crippen LogP contribution >= 0.6 is 0 Å². The zero-order valence-electron chi connectivity index (χ0n) is 19.6. The van der Waals surface area contributed by atoms with Crippen molar-refractivity contribution in [2.24, 2.45) is 0 Å². The Hall–Kier alpha value is -3.68. The number of aromatic nitrogens is 2. The molecule has 174 valence electrons. The highest BCUT2D eigenvalue weighted by Crippen LogP contribution is 2.26. The average Bonchev–Trinajstić information content (AvgIpc) is 3.21. The Bertz CT molecular complexity index is 1120. The van der Waals surface area contributed by atoms with Gasteiger partial charge in [0.15, 0.2) is 0 Å². The van der Waals surface area contributed by atoms with Crippen LogP contribution in [0.15, 0.2) is 54.6 Å². The van der Waals surface area contributed by atoms with E-state index in [0.717, 1.165) is 5.69 Å². The van der Waals surface area contributed by atoms with Crippen molar-refractivity contribution in [2.45, 2.75) is 33.1 Å². The molecule has 0 spiro atoms. The van der Waals surface area contributed by atoms with Gasteiger partial charge in [-0.25, -0.2) is 9.07 Å². The Kier molecular flexibility index (Phi) is 7.16. The molecule has 8 heteroatoms. The van der Waals surface area contributed by atoms with E-state index in [-0.39, 0.29) is 29.6 Å². The topological polar surface area (TPSA) is 76.5 Å². The van der Waals surface area contributed by atoms with Gasteiger partial charge >= 0.3 is 0 Å². The average molecular weight is 453 g/mol. The summed E-state index contributed by atoms with van der Waals surface area (Å²) in [6.07, 6.45) is 0. The minimum Gasteiger partial charge on any atom is -0.497 e. The molecule has 3 rings (SSSR count). The molecule has 2 amide bonds. The summed E-state index contributed by atoms with van der Waals surface area (Å²) in [5, 5.41) is 7.48. The highest BCUT2D eigenvalue weighted by molar-refractivity contribution is 5.99. The molecular formula is C25H29FN4O3. The van der Waals surface area contributed by atoms with Crippen LogP contribution in [0.4, 0.5) is 10.2 Å². The first-order chi connectivity index (χ1) is 15.6. The summed E-state index contributed by atoms with van der Waals surface area (Å²) in [5.74, 6) is 0.129. The number of benzene rings is 2. The van der Waals surface area contributed by atoms with Gasteiger partial charge in [0.25, 0.3) is 5.91 Å². The minimum atomic E-state index is -0.359. The van der Waals surface area contributed by atoms with E-state index in [1.54, 1.807) is 54.3 Å². The summed E-state index contributed by atoms with van der Waals surface area (Å²) in [5.41, 5.74) is 1.59. The van der Waals surface area contributed by atoms with Gasteiger partial charge in [-0.3, -0.25) is 9.59 Å². The molecule has 0 bridgehead atoms. The Morgan fingerprint density at radius 1 is 1.09 bits per heavy atom. The lowest BCUT2D eigenvalue weighted by Gasteiger charge is -2.20. The highest BCUT2D eigenvalue weighted by Gasteiger charge is 2.23. The van der Waals surface area contributed by atoms with E-state index in [1.807, 2.05) is 27.7 Å². The van der Waals surface area contributed by atoms with Gasteiger partial charge in [0, 0.05) is 23.6 Å². The number of amides is 2. The molecule has 3 aromatic rings. The number of carbonyl (C=O) groups excluding carboxylic acids is 2. The second kappa shape index (κ2) is 9.85. The Morgan fingerprint density at radius 3 is 2.27 bits per heavy atom. The number of anilines is 1. The van der Waals surface area contributed by atoms with Gasteiger partial charge < -0.3 is 15.0 Å². The SMILES string of the molecule is CCN(CC(=O)Nc1cc(C(C)(C)C)nn1-c1ccc(F)cc1)C(=O)c1ccc(OC)cc1. The third-order valence-corrected chi connectivity index (χ3v) is 5.16. The van der Waals surface area contributed by atoms with Gasteiger partial charge in [-0.15, -0.1) is 0 Å². The molecule has 0 saturated heterocycles. The van der Waals surface area contributed by atoms with Gasteiger partial charge in [0.1, 0.15) is 23.9 Å². The number of nitrogens with one attached hydrogen (secondary N) is 1. The standard InChI is InChI=1S/C25H29FN4O3/c1-6-29(24(32)17-7-13-20(33-5)14-8-17)16-23(31)27-22-15-21(25(2,3)4)28-30(22)19-11-9-18(26)10-12-19/h7-15H,6,16H2,1-5H3,(H,27,31). The maximum Gasteiger partial charge on any atom is 0.254 e. The number of hydrogen-bond donors (Lipinski definition) is 1. The number of ether oxygens (including phenoxy) is 1. The quantitative estimate of drug-likeness (QED) is 0.576. The van der Waals surface area contributed by atoms with Crippen molar-refractivity contribution < 1.29 is 18.7 Å². The maximum absolute atomic E-state index is 13.4. The largest absolute Gasteiger partial charge is 0.497 e. The first-order valence-corrected chi connectivity index (χ1v) is 10.7. The van der Waals surface area contributed by atoms with Crippen molar-refractivity contribution in [1.82, 2.24) is 14.7 Å². The van der Waals surface area contributed by atoms with Gasteiger partial charge in [-0.05, 0) is 55.5 Å². The van der Waals surface area contributed by atoms with Crippen molar-refractivity contribution >= 4 is 17.6 Å². The molecule has 0 radical (unpaired) electrons. The molecule has 0 aliphatic heterocycles. The van der Waals surface area contributed by atoms with Crippen LogP contribution in [-0.4, -0.2) is 46.7 Å². The van der Waals surface area contributed by atoms with Crippen LogP contribution in [0, 0.1) is 5.82 Å². The molecule has 1 aromatic heterocycles. The maximum atomic E-state index is 13.4. The summed E-state index contributed by atoms with van der Waals surface area (Å²) in [4.78, 5) is 27.2. The molecule has 0 atom stereocenters. The summed E-state index contributed by atoms with van der Waals surface area (Å²) < 4.78 is 20.1. The molecule has 1 N–H and O–H groups in total. The monoisotopic (exact) mass is 452 g/mol. The summed E-state index contributed by atoms with van der Waals surface area (Å²) in [6.45, 7) is 8.10. The van der Waals surface area contributed by atoms with Crippen LogP contribution in [0.3, 0.4) is 0 Å². The number of hydrogen-bond acceptors (Lipinski definition) is 4. The molecule has 0 aliphatic rings. The van der Waals surface area contributed by atoms with Crippen LogP contribution in [0.1, 0.15) is 43.7 Å². The number of methoxy groups -OCH3 is 1. The first-order valence-electron chi connectivity index (χ1n) is 10.7. The van der Waals surface area contributed by atoms with E-state index in [0.29, 0.717) is 29.4 Å². The lowest BCUT2D eigenvalue weighted by molar-refractivity contribution is -0.116. The van der Waals surface area contributed by atoms with Crippen LogP contribution in [0.2, 0.25) is 0 Å². The van der Waals surface area contributed by atoms with Crippen LogP contribution in [0.25, 0.3) is 5.69 Å². The first kappa shape index (κ1) is 24.0. The van der Waals surface area contributed by atoms with Gasteiger partial charge in [-0.2, -0.15) is 5.10 Å². The second-order valence-electron chi connectivity index (χ2n) is 8.65. The van der Waals surface area contributed by atoms with Crippen molar-refractivity contribution in [3.05, 3.63) is 71.7 Å². The fraction of sp³-hybridized carbons (Fsp3) is 0.320. The molecule has 0 unspecified atom stereocenters. The van der Waals surface area contributed by atoms with Crippen molar-refractivity contribution in [3.63, 3.8) is 0 Å². The predicted molar refractivity (Wildman–Crippen MR) is 125 cm³/mol. The number of halogens is 1. The van der Waals surface area contributed by atoms with Crippen molar-refractivity contribution in [2.75, 3.05) is 25.5 Å². The predicted octanol–water partition coefficient (Wildman–Crippen LogP) is 4.42. The van der Waals surface area contributed by atoms with E-state index in [2.05, 4.69) is 10.4 Å². The van der Waals surface area contributed by atoms with E-state index in [9.17, 15) is 14.0 Å². The molecule has 0 saturated carbocycles. The number of carbonyl (C=O) groups is 2. The third kappa shape index (κ3) is 5.77. The van der Waals surface area contributed by atoms with Crippen LogP contribution in [-0.2, 0) is 10.2 Å². The van der Waals surface area contributed by atoms with E-state index in [1.165, 1.54) is 17.0 Å². The van der Waals surface area contributed by atoms with Crippen molar-refractivity contribution in [3.8, 4) is 11.4 Å². The summed E-state index contributed by atoms with van der Waals surface area (Å²) in [7, 11) is 1.56. The molecule has 0 fully saturated rings. The van der Waals surface area contributed by atoms with E-state index >= 15 is 0 Å². The fourth-order valence-corrected chi connectivity index (χ4v) is 3.21.